The molecule has 3 aliphatic rings. The molecule has 10 heteroatoms. The summed E-state index contributed by atoms with van der Waals surface area (Å²) in [5.41, 5.74) is 0. The van der Waals surface area contributed by atoms with Crippen LogP contribution in [-0.2, 0) is 25.5 Å². The average molecular weight is 633 g/mol. The summed E-state index contributed by atoms with van der Waals surface area (Å²) < 4.78 is 5.34. The number of nitrogens with zero attached hydrogens (tertiary/aromatic N) is 3. The highest BCUT2D eigenvalue weighted by molar-refractivity contribution is 7.09. The third-order valence-electron chi connectivity index (χ3n) is 9.81. The molecule has 248 valence electrons. The molecule has 3 atom stereocenters. The van der Waals surface area contributed by atoms with Gasteiger partial charge in [-0.3, -0.25) is 14.4 Å². The van der Waals surface area contributed by atoms with E-state index in [9.17, 15) is 19.5 Å². The average Bonchev–Trinajstić information content (AvgIpc) is 3.55. The largest absolute Gasteiger partial charge is 0.391 e. The predicted molar refractivity (Wildman–Crippen MR) is 173 cm³/mol. The normalized spacial score (nSPS) is 20.7. The van der Waals surface area contributed by atoms with Crippen LogP contribution in [0.15, 0.2) is 11.6 Å². The fourth-order valence-corrected chi connectivity index (χ4v) is 8.07. The van der Waals surface area contributed by atoms with Crippen molar-refractivity contribution in [1.29, 1.82) is 0 Å². The summed E-state index contributed by atoms with van der Waals surface area (Å²) in [4.78, 5) is 49.0. The minimum atomic E-state index is -0.608. The Morgan fingerprint density at radius 2 is 1.70 bits per heavy atom. The Balaban J connectivity index is 1.55. The van der Waals surface area contributed by atoms with E-state index in [2.05, 4.69) is 24.1 Å². The number of aliphatic hydroxyl groups is 1. The molecule has 4 rings (SSSR count). The van der Waals surface area contributed by atoms with Crippen LogP contribution in [0.25, 0.3) is 0 Å². The van der Waals surface area contributed by atoms with Gasteiger partial charge in [-0.1, -0.05) is 65.2 Å². The molecule has 0 spiro atoms. The Morgan fingerprint density at radius 3 is 2.32 bits per heavy atom. The molecule has 3 amide bonds. The maximum atomic E-state index is 14.8. The first-order chi connectivity index (χ1) is 21.3. The van der Waals surface area contributed by atoms with Gasteiger partial charge in [-0.15, -0.1) is 11.3 Å². The van der Waals surface area contributed by atoms with E-state index in [0.29, 0.717) is 63.4 Å². The number of nitrogens with one attached hydrogen (secondary N) is 1. The van der Waals surface area contributed by atoms with Gasteiger partial charge in [0.05, 0.1) is 42.8 Å². The van der Waals surface area contributed by atoms with Gasteiger partial charge in [-0.25, -0.2) is 4.98 Å². The third kappa shape index (κ3) is 11.1. The van der Waals surface area contributed by atoms with Crippen molar-refractivity contribution in [2.75, 3.05) is 39.4 Å². The van der Waals surface area contributed by atoms with E-state index in [4.69, 9.17) is 4.74 Å². The second-order valence-corrected chi connectivity index (χ2v) is 14.8. The number of aliphatic hydroxyl groups excluding tert-OH is 1. The molecule has 1 saturated heterocycles. The summed E-state index contributed by atoms with van der Waals surface area (Å²) in [5, 5.41) is 17.2. The van der Waals surface area contributed by atoms with Crippen LogP contribution in [0.1, 0.15) is 102 Å². The molecule has 3 fully saturated rings. The van der Waals surface area contributed by atoms with Crippen LogP contribution < -0.4 is 5.32 Å². The van der Waals surface area contributed by atoms with Crippen LogP contribution in [0.3, 0.4) is 0 Å². The van der Waals surface area contributed by atoms with Gasteiger partial charge in [0.1, 0.15) is 0 Å². The summed E-state index contributed by atoms with van der Waals surface area (Å²) in [6.45, 7) is 6.87. The quantitative estimate of drug-likeness (QED) is 0.287. The summed E-state index contributed by atoms with van der Waals surface area (Å²) >= 11 is 1.50. The zero-order chi connectivity index (χ0) is 31.3. The SMILES string of the molecule is CC(C)C[C@H](O)[C@H](CC1CCCCC1)N(CC1CCCCC1)C(=O)[C@@H](CC(=O)NCC(=O)N1CCOCC1)Cc1nccs1. The summed E-state index contributed by atoms with van der Waals surface area (Å²) in [6.07, 6.45) is 14.7. The number of carbonyl (C=O) groups is 3. The first-order valence-electron chi connectivity index (χ1n) is 17.3. The number of amides is 3. The van der Waals surface area contributed by atoms with Gasteiger partial charge in [0.2, 0.25) is 17.7 Å². The monoisotopic (exact) mass is 632 g/mol. The molecule has 2 saturated carbocycles. The molecule has 0 bridgehead atoms. The molecular weight excluding hydrogens is 576 g/mol. The molecule has 1 aromatic rings. The lowest BCUT2D eigenvalue weighted by atomic mass is 9.81. The number of hydrogen-bond acceptors (Lipinski definition) is 7. The van der Waals surface area contributed by atoms with Crippen LogP contribution >= 0.6 is 11.3 Å². The molecule has 44 heavy (non-hydrogen) atoms. The zero-order valence-electron chi connectivity index (χ0n) is 27.1. The van der Waals surface area contributed by atoms with Gasteiger partial charge >= 0.3 is 0 Å². The van der Waals surface area contributed by atoms with Crippen molar-refractivity contribution in [3.63, 3.8) is 0 Å². The lowest BCUT2D eigenvalue weighted by molar-refractivity contribution is -0.145. The van der Waals surface area contributed by atoms with E-state index < -0.39 is 12.0 Å². The number of morpholine rings is 1. The number of thiazole rings is 1. The first-order valence-corrected chi connectivity index (χ1v) is 18.2. The highest BCUT2D eigenvalue weighted by Gasteiger charge is 2.38. The van der Waals surface area contributed by atoms with Gasteiger partial charge in [0, 0.05) is 44.1 Å². The van der Waals surface area contributed by atoms with Crippen LogP contribution in [0, 0.1) is 23.7 Å². The third-order valence-corrected chi connectivity index (χ3v) is 10.6. The maximum absolute atomic E-state index is 14.8. The lowest BCUT2D eigenvalue weighted by Crippen LogP contribution is -2.53. The van der Waals surface area contributed by atoms with E-state index >= 15 is 0 Å². The Bertz CT molecular complexity index is 1000. The van der Waals surface area contributed by atoms with E-state index in [1.54, 1.807) is 11.1 Å². The van der Waals surface area contributed by atoms with E-state index in [-0.39, 0.29) is 36.7 Å². The Morgan fingerprint density at radius 1 is 1.05 bits per heavy atom. The Labute approximate surface area is 268 Å². The summed E-state index contributed by atoms with van der Waals surface area (Å²) in [5.74, 6) is 0.134. The topological polar surface area (TPSA) is 112 Å². The second-order valence-electron chi connectivity index (χ2n) is 13.8. The summed E-state index contributed by atoms with van der Waals surface area (Å²) in [7, 11) is 0. The second kappa shape index (κ2) is 18.2. The molecular formula is C34H56N4O5S. The van der Waals surface area contributed by atoms with Crippen LogP contribution in [0.2, 0.25) is 0 Å². The van der Waals surface area contributed by atoms with Gasteiger partial charge in [-0.2, -0.15) is 0 Å². The first kappa shape index (κ1) is 34.8. The minimum Gasteiger partial charge on any atom is -0.391 e. The number of aromatic nitrogens is 1. The molecule has 1 aliphatic heterocycles. The van der Waals surface area contributed by atoms with Gasteiger partial charge in [0.25, 0.3) is 0 Å². The van der Waals surface area contributed by atoms with Crippen molar-refractivity contribution in [3.8, 4) is 0 Å². The Kier molecular flexibility index (Phi) is 14.4. The fourth-order valence-electron chi connectivity index (χ4n) is 7.37. The molecule has 1 aromatic heterocycles. The van der Waals surface area contributed by atoms with E-state index in [1.165, 1.54) is 49.9 Å². The highest BCUT2D eigenvalue weighted by Crippen LogP contribution is 2.34. The Hall–Kier alpha value is -2.04. The number of hydrogen-bond donors (Lipinski definition) is 2. The number of ether oxygens (including phenoxy) is 1. The van der Waals surface area contributed by atoms with Crippen molar-refractivity contribution in [1.82, 2.24) is 20.1 Å². The molecule has 0 aromatic carbocycles. The van der Waals surface area contributed by atoms with Crippen LogP contribution in [0.4, 0.5) is 0 Å². The number of carbonyl (C=O) groups excluding carboxylic acids is 3. The molecule has 0 unspecified atom stereocenters. The fraction of sp³-hybridized carbons (Fsp3) is 0.824. The molecule has 0 radical (unpaired) electrons. The predicted octanol–water partition coefficient (Wildman–Crippen LogP) is 4.82. The molecule has 2 heterocycles. The van der Waals surface area contributed by atoms with Crippen molar-refractivity contribution in [2.45, 2.75) is 116 Å². The van der Waals surface area contributed by atoms with Crippen molar-refractivity contribution >= 4 is 29.1 Å². The summed E-state index contributed by atoms with van der Waals surface area (Å²) in [6, 6.07) is -0.264. The smallest absolute Gasteiger partial charge is 0.242 e. The van der Waals surface area contributed by atoms with Gasteiger partial charge in [0.15, 0.2) is 0 Å². The number of rotatable bonds is 15. The van der Waals surface area contributed by atoms with Crippen LogP contribution in [0.5, 0.6) is 0 Å². The van der Waals surface area contributed by atoms with E-state index in [1.807, 2.05) is 10.3 Å². The highest BCUT2D eigenvalue weighted by atomic mass is 32.1. The maximum Gasteiger partial charge on any atom is 0.242 e. The molecule has 2 aliphatic carbocycles. The zero-order valence-corrected chi connectivity index (χ0v) is 27.9. The molecule has 9 nitrogen and oxygen atoms in total. The standard InChI is InChI=1S/C34H56N4O5S/c1-25(2)19-30(39)29(20-26-9-5-3-6-10-26)38(24-27-11-7-4-8-12-27)34(42)28(22-32-35-13-18-44-32)21-31(40)36-23-33(41)37-14-16-43-17-15-37/h13,18,25-30,39H,3-12,14-17,19-24H2,1-2H3,(H,36,40)/t28-,29-,30-/m0/s1. The minimum absolute atomic E-state index is 0.00754. The van der Waals surface area contributed by atoms with E-state index in [0.717, 1.165) is 37.1 Å². The van der Waals surface area contributed by atoms with Gasteiger partial charge < -0.3 is 25.0 Å². The van der Waals surface area contributed by atoms with Crippen LogP contribution in [-0.4, -0.2) is 89.2 Å². The van der Waals surface area contributed by atoms with Crippen molar-refractivity contribution < 1.29 is 24.2 Å². The van der Waals surface area contributed by atoms with Crippen molar-refractivity contribution in [3.05, 3.63) is 16.6 Å². The molecule has 2 N–H and O–H groups in total. The lowest BCUT2D eigenvalue weighted by Gasteiger charge is -2.42. The van der Waals surface area contributed by atoms with Gasteiger partial charge in [-0.05, 0) is 43.4 Å². The van der Waals surface area contributed by atoms with Crippen molar-refractivity contribution in [2.24, 2.45) is 23.7 Å².